The monoisotopic (exact) mass is 436 g/mol. The molecule has 0 saturated carbocycles. The lowest BCUT2D eigenvalue weighted by atomic mass is 9.95. The van der Waals surface area contributed by atoms with Crippen LogP contribution < -0.4 is 9.80 Å². The van der Waals surface area contributed by atoms with Crippen molar-refractivity contribution >= 4 is 28.8 Å². The van der Waals surface area contributed by atoms with E-state index >= 15 is 0 Å². The molecule has 0 saturated heterocycles. The van der Waals surface area contributed by atoms with Crippen LogP contribution in [0.2, 0.25) is 0 Å². The highest BCUT2D eigenvalue weighted by Gasteiger charge is 2.44. The van der Waals surface area contributed by atoms with E-state index in [1.54, 1.807) is 0 Å². The maximum atomic E-state index is 14.0. The third-order valence-corrected chi connectivity index (χ3v) is 6.84. The number of fused-ring (bicyclic) bond motifs is 1. The fraction of sp³-hybridized carbons (Fsp3) is 0.241. The molecule has 0 radical (unpaired) electrons. The second-order valence-electron chi connectivity index (χ2n) is 9.14. The maximum Gasteiger partial charge on any atom is 0.282 e. The van der Waals surface area contributed by atoms with E-state index in [9.17, 15) is 9.59 Å². The zero-order chi connectivity index (χ0) is 23.3. The first-order chi connectivity index (χ1) is 15.9. The molecular weight excluding hydrogens is 408 g/mol. The van der Waals surface area contributed by atoms with E-state index < -0.39 is 0 Å². The summed E-state index contributed by atoms with van der Waals surface area (Å²) in [6.45, 7) is 8.79. The van der Waals surface area contributed by atoms with Gasteiger partial charge in [-0.3, -0.25) is 9.59 Å². The third-order valence-electron chi connectivity index (χ3n) is 6.84. The van der Waals surface area contributed by atoms with Crippen molar-refractivity contribution in [2.45, 2.75) is 40.5 Å². The van der Waals surface area contributed by atoms with E-state index in [2.05, 4.69) is 23.1 Å². The molecule has 0 atom stereocenters. The normalized spacial score (nSPS) is 16.0. The zero-order valence-electron chi connectivity index (χ0n) is 19.6. The number of carbonyl (C=O) groups is 2. The number of nitrogens with zero attached hydrogens (tertiary/aromatic N) is 2. The molecule has 0 spiro atoms. The van der Waals surface area contributed by atoms with Crippen LogP contribution in [0.3, 0.4) is 0 Å². The summed E-state index contributed by atoms with van der Waals surface area (Å²) < 4.78 is 0. The number of benzene rings is 3. The average molecular weight is 437 g/mol. The lowest BCUT2D eigenvalue weighted by molar-refractivity contribution is -0.120. The molecular formula is C29H28N2O2. The molecule has 4 nitrogen and oxygen atoms in total. The van der Waals surface area contributed by atoms with Gasteiger partial charge in [-0.05, 0) is 86.6 Å². The molecule has 2 aliphatic rings. The Morgan fingerprint density at radius 3 is 2.30 bits per heavy atom. The van der Waals surface area contributed by atoms with Gasteiger partial charge in [0.25, 0.3) is 11.8 Å². The van der Waals surface area contributed by atoms with Crippen LogP contribution >= 0.6 is 0 Å². The standard InChI is InChI=1S/C29H28N2O2/c1-18-11-14-24(21(4)16-18)26-27(30-15-7-9-22-8-5-6-10-25(22)30)29(33)31(28(26)32)23-13-12-19(2)20(3)17-23/h5-6,8,10-14,16-17H,7,9,15H2,1-4H3. The van der Waals surface area contributed by atoms with Crippen LogP contribution in [0.25, 0.3) is 5.57 Å². The van der Waals surface area contributed by atoms with Gasteiger partial charge in [-0.2, -0.15) is 0 Å². The van der Waals surface area contributed by atoms with Crippen molar-refractivity contribution in [2.24, 2.45) is 0 Å². The fourth-order valence-electron chi connectivity index (χ4n) is 4.97. The molecule has 2 aliphatic heterocycles. The van der Waals surface area contributed by atoms with Gasteiger partial charge in [0.2, 0.25) is 0 Å². The van der Waals surface area contributed by atoms with Crippen LogP contribution in [-0.2, 0) is 16.0 Å². The summed E-state index contributed by atoms with van der Waals surface area (Å²) in [4.78, 5) is 31.3. The van der Waals surface area contributed by atoms with E-state index in [0.29, 0.717) is 23.5 Å². The molecule has 0 N–H and O–H groups in total. The van der Waals surface area contributed by atoms with Gasteiger partial charge in [-0.1, -0.05) is 48.0 Å². The van der Waals surface area contributed by atoms with Crippen molar-refractivity contribution in [2.75, 3.05) is 16.3 Å². The first-order valence-corrected chi connectivity index (χ1v) is 11.5. The Labute approximate surface area is 195 Å². The van der Waals surface area contributed by atoms with Gasteiger partial charge in [0.15, 0.2) is 0 Å². The second-order valence-corrected chi connectivity index (χ2v) is 9.14. The molecule has 3 aromatic carbocycles. The Morgan fingerprint density at radius 1 is 0.758 bits per heavy atom. The number of imide groups is 1. The Bertz CT molecular complexity index is 1340. The summed E-state index contributed by atoms with van der Waals surface area (Å²) in [6.07, 6.45) is 1.91. The van der Waals surface area contributed by atoms with Crippen molar-refractivity contribution in [3.8, 4) is 0 Å². The summed E-state index contributed by atoms with van der Waals surface area (Å²) >= 11 is 0. The van der Waals surface area contributed by atoms with Crippen LogP contribution in [0.4, 0.5) is 11.4 Å². The number of carbonyl (C=O) groups excluding carboxylic acids is 2. The predicted octanol–water partition coefficient (Wildman–Crippen LogP) is 5.66. The van der Waals surface area contributed by atoms with Gasteiger partial charge >= 0.3 is 0 Å². The average Bonchev–Trinajstić information content (AvgIpc) is 3.05. The van der Waals surface area contributed by atoms with Crippen LogP contribution in [0.5, 0.6) is 0 Å². The minimum Gasteiger partial charge on any atom is -0.336 e. The van der Waals surface area contributed by atoms with Crippen LogP contribution in [0, 0.1) is 27.7 Å². The minimum atomic E-state index is -0.256. The zero-order valence-corrected chi connectivity index (χ0v) is 19.6. The summed E-state index contributed by atoms with van der Waals surface area (Å²) in [7, 11) is 0. The van der Waals surface area contributed by atoms with Crippen molar-refractivity contribution in [1.29, 1.82) is 0 Å². The first-order valence-electron chi connectivity index (χ1n) is 11.5. The molecule has 166 valence electrons. The van der Waals surface area contributed by atoms with E-state index in [4.69, 9.17) is 0 Å². The number of hydrogen-bond acceptors (Lipinski definition) is 3. The van der Waals surface area contributed by atoms with Gasteiger partial charge in [0.05, 0.1) is 11.3 Å². The van der Waals surface area contributed by atoms with Crippen LogP contribution in [0.1, 0.15) is 39.8 Å². The number of anilines is 2. The number of amides is 2. The Morgan fingerprint density at radius 2 is 1.55 bits per heavy atom. The van der Waals surface area contributed by atoms with Crippen LogP contribution in [0.15, 0.2) is 66.4 Å². The molecule has 0 aliphatic carbocycles. The number of rotatable bonds is 3. The Balaban J connectivity index is 1.73. The van der Waals surface area contributed by atoms with Crippen molar-refractivity contribution < 1.29 is 9.59 Å². The summed E-state index contributed by atoms with van der Waals surface area (Å²) in [5.74, 6) is -0.511. The highest BCUT2D eigenvalue weighted by Crippen LogP contribution is 2.40. The smallest absolute Gasteiger partial charge is 0.282 e. The van der Waals surface area contributed by atoms with Gasteiger partial charge in [-0.15, -0.1) is 0 Å². The second kappa shape index (κ2) is 8.04. The van der Waals surface area contributed by atoms with E-state index in [-0.39, 0.29) is 11.8 Å². The van der Waals surface area contributed by atoms with Gasteiger partial charge in [-0.25, -0.2) is 4.90 Å². The van der Waals surface area contributed by atoms with Crippen molar-refractivity contribution in [3.05, 3.63) is 99.7 Å². The van der Waals surface area contributed by atoms with Gasteiger partial charge in [0.1, 0.15) is 5.70 Å². The van der Waals surface area contributed by atoms with Gasteiger partial charge in [0, 0.05) is 12.2 Å². The first kappa shape index (κ1) is 21.2. The van der Waals surface area contributed by atoms with Crippen molar-refractivity contribution in [1.82, 2.24) is 0 Å². The molecule has 2 heterocycles. The fourth-order valence-corrected chi connectivity index (χ4v) is 4.97. The molecule has 0 fully saturated rings. The highest BCUT2D eigenvalue weighted by atomic mass is 16.2. The molecule has 33 heavy (non-hydrogen) atoms. The molecule has 0 unspecified atom stereocenters. The lowest BCUT2D eigenvalue weighted by Crippen LogP contribution is -2.37. The van der Waals surface area contributed by atoms with Crippen LogP contribution in [-0.4, -0.2) is 18.4 Å². The molecule has 2 amide bonds. The summed E-state index contributed by atoms with van der Waals surface area (Å²) in [6, 6.07) is 20.0. The predicted molar refractivity (Wildman–Crippen MR) is 133 cm³/mol. The lowest BCUT2D eigenvalue weighted by Gasteiger charge is -2.32. The quantitative estimate of drug-likeness (QED) is 0.498. The Hall–Kier alpha value is -3.66. The topological polar surface area (TPSA) is 40.6 Å². The largest absolute Gasteiger partial charge is 0.336 e. The number of aryl methyl sites for hydroxylation is 5. The third kappa shape index (κ3) is 3.46. The maximum absolute atomic E-state index is 14.0. The number of para-hydroxylation sites is 1. The van der Waals surface area contributed by atoms with E-state index in [1.807, 2.05) is 70.2 Å². The minimum absolute atomic E-state index is 0.255. The molecule has 0 bridgehead atoms. The van der Waals surface area contributed by atoms with E-state index in [0.717, 1.165) is 46.3 Å². The van der Waals surface area contributed by atoms with Crippen molar-refractivity contribution in [3.63, 3.8) is 0 Å². The molecule has 3 aromatic rings. The SMILES string of the molecule is Cc1ccc(C2=C(N3CCCc4ccccc43)C(=O)N(c3ccc(C)c(C)c3)C2=O)c(C)c1. The summed E-state index contributed by atoms with van der Waals surface area (Å²) in [5.41, 5.74) is 8.96. The molecule has 0 aromatic heterocycles. The summed E-state index contributed by atoms with van der Waals surface area (Å²) in [5, 5.41) is 0. The molecule has 4 heteroatoms. The highest BCUT2D eigenvalue weighted by molar-refractivity contribution is 6.46. The Kier molecular flexibility index (Phi) is 5.16. The number of hydrogen-bond donors (Lipinski definition) is 0. The van der Waals surface area contributed by atoms with E-state index in [1.165, 1.54) is 10.5 Å². The molecule has 5 rings (SSSR count). The van der Waals surface area contributed by atoms with Gasteiger partial charge < -0.3 is 4.90 Å².